The van der Waals surface area contributed by atoms with Gasteiger partial charge in [0.1, 0.15) is 11.5 Å². The molecule has 1 aromatic heterocycles. The van der Waals surface area contributed by atoms with E-state index in [0.717, 1.165) is 11.8 Å². The highest BCUT2D eigenvalue weighted by Crippen LogP contribution is 2.13. The van der Waals surface area contributed by atoms with Gasteiger partial charge in [-0.25, -0.2) is 0 Å². The van der Waals surface area contributed by atoms with Gasteiger partial charge in [-0.05, 0) is 12.1 Å². The molecule has 98 valence electrons. The maximum absolute atomic E-state index is 11.5. The normalized spacial score (nSPS) is 14.4. The molecule has 0 radical (unpaired) electrons. The molecule has 0 fully saturated rings. The second-order valence-corrected chi connectivity index (χ2v) is 4.43. The molecule has 7 nitrogen and oxygen atoms in total. The summed E-state index contributed by atoms with van der Waals surface area (Å²) < 4.78 is 5.07. The smallest absolute Gasteiger partial charge is 0.299 e. The van der Waals surface area contributed by atoms with Crippen LogP contribution in [0.1, 0.15) is 5.76 Å². The second kappa shape index (κ2) is 6.10. The van der Waals surface area contributed by atoms with Crippen molar-refractivity contribution in [3.05, 3.63) is 36.4 Å². The lowest BCUT2D eigenvalue weighted by Gasteiger charge is -2.04. The maximum Gasteiger partial charge on any atom is 0.299 e. The minimum Gasteiger partial charge on any atom is -0.467 e. The number of nitrogens with zero attached hydrogens (tertiary/aromatic N) is 3. The number of carbonyl (C=O) groups excluding carboxylic acids is 2. The van der Waals surface area contributed by atoms with Crippen molar-refractivity contribution in [3.63, 3.8) is 0 Å². The van der Waals surface area contributed by atoms with Gasteiger partial charge < -0.3 is 9.73 Å². The van der Waals surface area contributed by atoms with Crippen molar-refractivity contribution in [2.45, 2.75) is 6.54 Å². The van der Waals surface area contributed by atoms with Crippen LogP contribution in [-0.2, 0) is 16.1 Å². The van der Waals surface area contributed by atoms with Gasteiger partial charge in [0.05, 0.1) is 18.6 Å². The SMILES string of the molecule is C=C1N=NC(SCC(=O)NCc2ccco2)=NC1=O. The highest BCUT2D eigenvalue weighted by molar-refractivity contribution is 8.14. The summed E-state index contributed by atoms with van der Waals surface area (Å²) in [5.41, 5.74) is -0.00776. The molecule has 2 rings (SSSR count). The lowest BCUT2D eigenvalue weighted by molar-refractivity contribution is -0.118. The van der Waals surface area contributed by atoms with Gasteiger partial charge in [0.2, 0.25) is 11.1 Å². The fraction of sp³-hybridized carbons (Fsp3) is 0.182. The molecule has 0 bridgehead atoms. The average Bonchev–Trinajstić information content (AvgIpc) is 2.91. The Labute approximate surface area is 112 Å². The van der Waals surface area contributed by atoms with Crippen LogP contribution in [-0.4, -0.2) is 22.7 Å². The third-order valence-corrected chi connectivity index (χ3v) is 2.91. The molecule has 8 heteroatoms. The Morgan fingerprint density at radius 3 is 3.00 bits per heavy atom. The molecule has 2 heterocycles. The molecule has 0 aromatic carbocycles. The van der Waals surface area contributed by atoms with Gasteiger partial charge >= 0.3 is 0 Å². The molecular weight excluding hydrogens is 268 g/mol. The molecule has 1 aliphatic heterocycles. The number of thioether (sulfide) groups is 1. The van der Waals surface area contributed by atoms with E-state index in [4.69, 9.17) is 4.42 Å². The molecule has 0 aliphatic carbocycles. The topological polar surface area (TPSA) is 96.4 Å². The number of aliphatic imine (C=N–C) groups is 1. The number of rotatable bonds is 4. The Morgan fingerprint density at radius 1 is 1.47 bits per heavy atom. The summed E-state index contributed by atoms with van der Waals surface area (Å²) >= 11 is 1.03. The monoisotopic (exact) mass is 278 g/mol. The minimum absolute atomic E-state index is 0.00776. The molecule has 0 saturated heterocycles. The number of nitrogens with one attached hydrogen (secondary N) is 1. The van der Waals surface area contributed by atoms with E-state index in [2.05, 4.69) is 27.1 Å². The summed E-state index contributed by atoms with van der Waals surface area (Å²) in [7, 11) is 0. The van der Waals surface area contributed by atoms with Crippen LogP contribution < -0.4 is 5.32 Å². The highest BCUT2D eigenvalue weighted by Gasteiger charge is 2.14. The molecule has 1 aliphatic rings. The number of amides is 2. The summed E-state index contributed by atoms with van der Waals surface area (Å²) in [5.74, 6) is 0.0161. The predicted octanol–water partition coefficient (Wildman–Crippen LogP) is 1.49. The standard InChI is InChI=1S/C11H10N4O3S/c1-7-10(17)13-11(15-14-7)19-6-9(16)12-5-8-3-2-4-18-8/h2-4H,1,5-6H2,(H,12,16). The molecule has 0 saturated carbocycles. The Balaban J connectivity index is 1.75. The maximum atomic E-state index is 11.5. The van der Waals surface area contributed by atoms with Crippen LogP contribution in [0.4, 0.5) is 0 Å². The summed E-state index contributed by atoms with van der Waals surface area (Å²) in [6, 6.07) is 3.50. The van der Waals surface area contributed by atoms with Crippen molar-refractivity contribution in [1.82, 2.24) is 5.32 Å². The lowest BCUT2D eigenvalue weighted by Crippen LogP contribution is -2.25. The van der Waals surface area contributed by atoms with Crippen molar-refractivity contribution in [2.75, 3.05) is 5.75 Å². The number of hydrogen-bond acceptors (Lipinski definition) is 6. The molecule has 1 aromatic rings. The van der Waals surface area contributed by atoms with Crippen molar-refractivity contribution >= 4 is 28.7 Å². The molecular formula is C11H10N4O3S. The molecule has 2 amide bonds. The zero-order chi connectivity index (χ0) is 13.7. The van der Waals surface area contributed by atoms with Crippen LogP contribution in [0, 0.1) is 0 Å². The first-order valence-electron chi connectivity index (χ1n) is 5.30. The zero-order valence-corrected chi connectivity index (χ0v) is 10.6. The fourth-order valence-electron chi connectivity index (χ4n) is 1.16. The number of carbonyl (C=O) groups is 2. The Morgan fingerprint density at radius 2 is 2.32 bits per heavy atom. The van der Waals surface area contributed by atoms with Crippen LogP contribution in [0.3, 0.4) is 0 Å². The number of hydrogen-bond donors (Lipinski definition) is 1. The summed E-state index contributed by atoms with van der Waals surface area (Å²) in [6.45, 7) is 3.68. The molecule has 0 unspecified atom stereocenters. The van der Waals surface area contributed by atoms with Crippen LogP contribution in [0.15, 0.2) is 50.3 Å². The summed E-state index contributed by atoms with van der Waals surface area (Å²) in [5, 5.41) is 10.0. The van der Waals surface area contributed by atoms with Gasteiger partial charge in [0.25, 0.3) is 5.91 Å². The van der Waals surface area contributed by atoms with E-state index in [1.807, 2.05) is 0 Å². The van der Waals surface area contributed by atoms with E-state index in [0.29, 0.717) is 12.3 Å². The zero-order valence-electron chi connectivity index (χ0n) is 9.83. The largest absolute Gasteiger partial charge is 0.467 e. The second-order valence-electron chi connectivity index (χ2n) is 3.49. The van der Waals surface area contributed by atoms with Gasteiger partial charge in [-0.15, -0.1) is 10.2 Å². The number of amidine groups is 1. The van der Waals surface area contributed by atoms with E-state index >= 15 is 0 Å². The van der Waals surface area contributed by atoms with Gasteiger partial charge in [-0.2, -0.15) is 4.99 Å². The molecule has 19 heavy (non-hydrogen) atoms. The van der Waals surface area contributed by atoms with Gasteiger partial charge in [-0.3, -0.25) is 9.59 Å². The summed E-state index contributed by atoms with van der Waals surface area (Å²) in [6.07, 6.45) is 1.53. The van der Waals surface area contributed by atoms with Crippen molar-refractivity contribution in [2.24, 2.45) is 15.2 Å². The van der Waals surface area contributed by atoms with Gasteiger partial charge in [0.15, 0.2) is 0 Å². The van der Waals surface area contributed by atoms with E-state index in [1.54, 1.807) is 12.1 Å². The third-order valence-electron chi connectivity index (χ3n) is 2.07. The van der Waals surface area contributed by atoms with Crippen molar-refractivity contribution in [1.29, 1.82) is 0 Å². The van der Waals surface area contributed by atoms with Crippen LogP contribution in [0.2, 0.25) is 0 Å². The lowest BCUT2D eigenvalue weighted by atomic mass is 10.4. The van der Waals surface area contributed by atoms with Crippen molar-refractivity contribution in [3.8, 4) is 0 Å². The first-order valence-corrected chi connectivity index (χ1v) is 6.29. The Kier molecular flexibility index (Phi) is 4.24. The Hall–Kier alpha value is -2.22. The average molecular weight is 278 g/mol. The van der Waals surface area contributed by atoms with Crippen LogP contribution in [0.5, 0.6) is 0 Å². The minimum atomic E-state index is -0.534. The van der Waals surface area contributed by atoms with Crippen LogP contribution in [0.25, 0.3) is 0 Å². The Bertz CT molecular complexity index is 563. The first kappa shape index (κ1) is 13.2. The quantitative estimate of drug-likeness (QED) is 0.844. The third kappa shape index (κ3) is 3.88. The molecule has 0 spiro atoms. The van der Waals surface area contributed by atoms with E-state index in [9.17, 15) is 9.59 Å². The van der Waals surface area contributed by atoms with Gasteiger partial charge in [-0.1, -0.05) is 18.3 Å². The number of furan rings is 1. The number of azo groups is 1. The van der Waals surface area contributed by atoms with E-state index in [1.165, 1.54) is 6.26 Å². The highest BCUT2D eigenvalue weighted by atomic mass is 32.2. The molecule has 0 atom stereocenters. The molecule has 1 N–H and O–H groups in total. The van der Waals surface area contributed by atoms with Crippen molar-refractivity contribution < 1.29 is 14.0 Å². The van der Waals surface area contributed by atoms with Crippen LogP contribution >= 0.6 is 11.8 Å². The van der Waals surface area contributed by atoms with E-state index in [-0.39, 0.29) is 22.5 Å². The van der Waals surface area contributed by atoms with E-state index < -0.39 is 5.91 Å². The fourth-order valence-corrected chi connectivity index (χ4v) is 1.77. The first-order chi connectivity index (χ1) is 9.15. The van der Waals surface area contributed by atoms with Gasteiger partial charge in [0, 0.05) is 0 Å². The predicted molar refractivity (Wildman–Crippen MR) is 69.5 cm³/mol. The summed E-state index contributed by atoms with van der Waals surface area (Å²) in [4.78, 5) is 26.3.